The molecule has 0 aliphatic carbocycles. The summed E-state index contributed by atoms with van der Waals surface area (Å²) in [4.78, 5) is 5.39. The topological polar surface area (TPSA) is 29.9 Å². The summed E-state index contributed by atoms with van der Waals surface area (Å²) < 4.78 is 2.26. The third-order valence-corrected chi connectivity index (χ3v) is 4.44. The van der Waals surface area contributed by atoms with Crippen LogP contribution in [0.25, 0.3) is 10.9 Å². The fraction of sp³-hybridized carbons (Fsp3) is 0.312. The summed E-state index contributed by atoms with van der Waals surface area (Å²) in [6.45, 7) is 6.02. The van der Waals surface area contributed by atoms with Crippen molar-refractivity contribution >= 4 is 33.8 Å². The molecule has 0 radical (unpaired) electrons. The number of nitrogens with zero attached hydrogens (tertiary/aromatic N) is 2. The van der Waals surface area contributed by atoms with E-state index in [0.29, 0.717) is 6.04 Å². The molecule has 110 valence electrons. The highest BCUT2D eigenvalue weighted by atomic mass is 35.5. The van der Waals surface area contributed by atoms with Crippen molar-refractivity contribution in [2.24, 2.45) is 0 Å². The van der Waals surface area contributed by atoms with E-state index in [1.807, 2.05) is 23.8 Å². The molecule has 0 bridgehead atoms. The standard InChI is InChI=1S/C16H18ClN3S/c1-11(2)19-6-12-8-20(9-14-7-18-10-21-14)16-5-13(17)3-4-15(12)16/h3-5,7-8,10-11,19H,6,9H2,1-2H3. The van der Waals surface area contributed by atoms with Crippen LogP contribution >= 0.6 is 22.9 Å². The van der Waals surface area contributed by atoms with Crippen LogP contribution in [0.15, 0.2) is 36.1 Å². The first-order chi connectivity index (χ1) is 10.1. The van der Waals surface area contributed by atoms with Crippen molar-refractivity contribution in [3.05, 3.63) is 51.6 Å². The highest BCUT2D eigenvalue weighted by Gasteiger charge is 2.10. The van der Waals surface area contributed by atoms with Gasteiger partial charge in [0, 0.05) is 40.3 Å². The van der Waals surface area contributed by atoms with E-state index in [9.17, 15) is 0 Å². The number of nitrogens with one attached hydrogen (secondary N) is 1. The van der Waals surface area contributed by atoms with E-state index in [1.165, 1.54) is 21.3 Å². The van der Waals surface area contributed by atoms with Crippen molar-refractivity contribution in [2.45, 2.75) is 33.0 Å². The predicted octanol–water partition coefficient (Wildman–Crippen LogP) is 4.30. The van der Waals surface area contributed by atoms with Gasteiger partial charge in [0.25, 0.3) is 0 Å². The van der Waals surface area contributed by atoms with Gasteiger partial charge in [-0.05, 0) is 17.7 Å². The molecule has 0 amide bonds. The van der Waals surface area contributed by atoms with Gasteiger partial charge in [-0.25, -0.2) is 0 Å². The van der Waals surface area contributed by atoms with Gasteiger partial charge in [0.05, 0.1) is 17.6 Å². The van der Waals surface area contributed by atoms with Crippen LogP contribution in [0.3, 0.4) is 0 Å². The zero-order valence-corrected chi connectivity index (χ0v) is 13.7. The molecule has 5 heteroatoms. The van der Waals surface area contributed by atoms with Crippen LogP contribution < -0.4 is 5.32 Å². The van der Waals surface area contributed by atoms with Gasteiger partial charge in [-0.15, -0.1) is 11.3 Å². The lowest BCUT2D eigenvalue weighted by Crippen LogP contribution is -2.21. The summed E-state index contributed by atoms with van der Waals surface area (Å²) in [6, 6.07) is 6.58. The Bertz CT molecular complexity index is 731. The van der Waals surface area contributed by atoms with Crippen LogP contribution in [0.4, 0.5) is 0 Å². The van der Waals surface area contributed by atoms with Crippen LogP contribution in [-0.2, 0) is 13.1 Å². The van der Waals surface area contributed by atoms with Gasteiger partial charge in [-0.2, -0.15) is 0 Å². The van der Waals surface area contributed by atoms with Gasteiger partial charge in [0.1, 0.15) is 0 Å². The molecule has 3 aromatic rings. The summed E-state index contributed by atoms with van der Waals surface area (Å²) >= 11 is 7.85. The van der Waals surface area contributed by atoms with Gasteiger partial charge in [0.2, 0.25) is 0 Å². The second-order valence-electron chi connectivity index (χ2n) is 5.45. The lowest BCUT2D eigenvalue weighted by atomic mass is 10.1. The summed E-state index contributed by atoms with van der Waals surface area (Å²) in [7, 11) is 0. The minimum atomic E-state index is 0.470. The molecule has 0 aliphatic heterocycles. The first-order valence-electron chi connectivity index (χ1n) is 7.01. The summed E-state index contributed by atoms with van der Waals surface area (Å²) in [5, 5.41) is 5.52. The van der Waals surface area contributed by atoms with Gasteiger partial charge < -0.3 is 9.88 Å². The second-order valence-corrected chi connectivity index (χ2v) is 6.85. The molecule has 0 saturated heterocycles. The highest BCUT2D eigenvalue weighted by molar-refractivity contribution is 7.09. The van der Waals surface area contributed by atoms with E-state index in [1.54, 1.807) is 11.3 Å². The summed E-state index contributed by atoms with van der Waals surface area (Å²) in [5.41, 5.74) is 4.35. The van der Waals surface area contributed by atoms with Crippen molar-refractivity contribution < 1.29 is 0 Å². The molecular weight excluding hydrogens is 302 g/mol. The molecule has 3 rings (SSSR count). The van der Waals surface area contributed by atoms with Crippen molar-refractivity contribution in [3.8, 4) is 0 Å². The number of halogens is 1. The fourth-order valence-electron chi connectivity index (χ4n) is 2.42. The van der Waals surface area contributed by atoms with E-state index >= 15 is 0 Å². The van der Waals surface area contributed by atoms with Crippen molar-refractivity contribution in [2.75, 3.05) is 0 Å². The predicted molar refractivity (Wildman–Crippen MR) is 90.1 cm³/mol. The smallest absolute Gasteiger partial charge is 0.0794 e. The molecule has 2 heterocycles. The third-order valence-electron chi connectivity index (χ3n) is 3.44. The van der Waals surface area contributed by atoms with E-state index in [0.717, 1.165) is 18.1 Å². The number of hydrogen-bond donors (Lipinski definition) is 1. The summed E-state index contributed by atoms with van der Waals surface area (Å²) in [5.74, 6) is 0. The zero-order valence-electron chi connectivity index (χ0n) is 12.1. The number of hydrogen-bond acceptors (Lipinski definition) is 3. The minimum Gasteiger partial charge on any atom is -0.342 e. The number of thiazole rings is 1. The first-order valence-corrected chi connectivity index (χ1v) is 8.27. The SMILES string of the molecule is CC(C)NCc1cn(Cc2cncs2)c2cc(Cl)ccc12. The highest BCUT2D eigenvalue weighted by Crippen LogP contribution is 2.26. The minimum absolute atomic E-state index is 0.470. The van der Waals surface area contributed by atoms with E-state index in [2.05, 4.69) is 41.0 Å². The molecule has 1 N–H and O–H groups in total. The van der Waals surface area contributed by atoms with E-state index < -0.39 is 0 Å². The first kappa shape index (κ1) is 14.6. The normalized spacial score (nSPS) is 11.6. The molecule has 0 aliphatic rings. The zero-order chi connectivity index (χ0) is 14.8. The van der Waals surface area contributed by atoms with Gasteiger partial charge >= 0.3 is 0 Å². The van der Waals surface area contributed by atoms with Gasteiger partial charge in [0.15, 0.2) is 0 Å². The maximum absolute atomic E-state index is 6.17. The van der Waals surface area contributed by atoms with Crippen molar-refractivity contribution in [1.82, 2.24) is 14.9 Å². The van der Waals surface area contributed by atoms with Crippen LogP contribution in [-0.4, -0.2) is 15.6 Å². The monoisotopic (exact) mass is 319 g/mol. The number of benzene rings is 1. The molecule has 1 aromatic carbocycles. The number of aromatic nitrogens is 2. The lowest BCUT2D eigenvalue weighted by molar-refractivity contribution is 0.589. The maximum atomic E-state index is 6.17. The Balaban J connectivity index is 2.00. The largest absolute Gasteiger partial charge is 0.342 e. The molecule has 0 spiro atoms. The van der Waals surface area contributed by atoms with Crippen LogP contribution in [0.2, 0.25) is 5.02 Å². The van der Waals surface area contributed by atoms with Gasteiger partial charge in [-0.1, -0.05) is 31.5 Å². The Labute approximate surface area is 133 Å². The quantitative estimate of drug-likeness (QED) is 0.760. The fourth-order valence-corrected chi connectivity index (χ4v) is 3.17. The molecule has 0 unspecified atom stereocenters. The summed E-state index contributed by atoms with van der Waals surface area (Å²) in [6.07, 6.45) is 4.14. The molecule has 0 fully saturated rings. The average molecular weight is 320 g/mol. The van der Waals surface area contributed by atoms with Crippen LogP contribution in [0.1, 0.15) is 24.3 Å². The molecular formula is C16H18ClN3S. The van der Waals surface area contributed by atoms with Crippen molar-refractivity contribution in [3.63, 3.8) is 0 Å². The van der Waals surface area contributed by atoms with E-state index in [-0.39, 0.29) is 0 Å². The Morgan fingerprint density at radius 3 is 2.95 bits per heavy atom. The van der Waals surface area contributed by atoms with E-state index in [4.69, 9.17) is 11.6 Å². The lowest BCUT2D eigenvalue weighted by Gasteiger charge is -2.06. The third kappa shape index (κ3) is 3.28. The second kappa shape index (κ2) is 6.18. The Morgan fingerprint density at radius 1 is 1.38 bits per heavy atom. The van der Waals surface area contributed by atoms with Crippen LogP contribution in [0, 0.1) is 0 Å². The Morgan fingerprint density at radius 2 is 2.24 bits per heavy atom. The Kier molecular flexibility index (Phi) is 4.29. The molecule has 0 saturated carbocycles. The molecule has 2 aromatic heterocycles. The Hall–Kier alpha value is -1.36. The van der Waals surface area contributed by atoms with Crippen molar-refractivity contribution in [1.29, 1.82) is 0 Å². The maximum Gasteiger partial charge on any atom is 0.0794 e. The number of rotatable bonds is 5. The molecule has 3 nitrogen and oxygen atoms in total. The van der Waals surface area contributed by atoms with Crippen LogP contribution in [0.5, 0.6) is 0 Å². The van der Waals surface area contributed by atoms with Gasteiger partial charge in [-0.3, -0.25) is 4.98 Å². The molecule has 0 atom stereocenters. The number of fused-ring (bicyclic) bond motifs is 1. The molecule has 21 heavy (non-hydrogen) atoms. The average Bonchev–Trinajstić information content (AvgIpc) is 3.05.